The maximum absolute atomic E-state index is 6.27. The van der Waals surface area contributed by atoms with Crippen molar-refractivity contribution in [3.8, 4) is 0 Å². The van der Waals surface area contributed by atoms with Gasteiger partial charge in [0.2, 0.25) is 0 Å². The summed E-state index contributed by atoms with van der Waals surface area (Å²) >= 11 is 8.00. The van der Waals surface area contributed by atoms with Crippen molar-refractivity contribution in [1.29, 1.82) is 0 Å². The molecule has 0 amide bonds. The number of guanidine groups is 1. The minimum absolute atomic E-state index is 0. The van der Waals surface area contributed by atoms with E-state index in [0.29, 0.717) is 17.6 Å². The monoisotopic (exact) mass is 520 g/mol. The Bertz CT molecular complexity index is 753. The van der Waals surface area contributed by atoms with Crippen LogP contribution in [0.3, 0.4) is 0 Å². The summed E-state index contributed by atoms with van der Waals surface area (Å²) in [6, 6.07) is 4.05. The van der Waals surface area contributed by atoms with Crippen LogP contribution in [0.15, 0.2) is 29.5 Å². The van der Waals surface area contributed by atoms with Crippen molar-refractivity contribution in [2.24, 2.45) is 4.99 Å². The van der Waals surface area contributed by atoms with Crippen LogP contribution in [0.4, 0.5) is 5.82 Å². The van der Waals surface area contributed by atoms with Gasteiger partial charge in [0, 0.05) is 42.9 Å². The van der Waals surface area contributed by atoms with Crippen molar-refractivity contribution < 1.29 is 0 Å². The van der Waals surface area contributed by atoms with Gasteiger partial charge in [0.25, 0.3) is 0 Å². The zero-order valence-corrected chi connectivity index (χ0v) is 19.5. The molecule has 1 atom stereocenters. The van der Waals surface area contributed by atoms with Gasteiger partial charge in [-0.3, -0.25) is 0 Å². The zero-order valence-electron chi connectivity index (χ0n) is 15.6. The lowest BCUT2D eigenvalue weighted by atomic mass is 10.3. The van der Waals surface area contributed by atoms with Crippen LogP contribution < -0.4 is 15.5 Å². The van der Waals surface area contributed by atoms with E-state index in [1.54, 1.807) is 17.5 Å². The molecule has 0 aromatic carbocycles. The topological polar surface area (TPSA) is 65.4 Å². The third-order valence-electron chi connectivity index (χ3n) is 4.23. The number of aromatic nitrogens is 2. The van der Waals surface area contributed by atoms with E-state index >= 15 is 0 Å². The lowest BCUT2D eigenvalue weighted by Crippen LogP contribution is -2.44. The molecule has 1 aliphatic rings. The van der Waals surface area contributed by atoms with Gasteiger partial charge in [-0.2, -0.15) is 0 Å². The molecule has 3 rings (SSSR count). The average Bonchev–Trinajstić information content (AvgIpc) is 3.29. The molecule has 0 spiro atoms. The van der Waals surface area contributed by atoms with E-state index in [0.717, 1.165) is 49.3 Å². The lowest BCUT2D eigenvalue weighted by molar-refractivity contribution is 0.648. The molecule has 3 heterocycles. The van der Waals surface area contributed by atoms with Crippen molar-refractivity contribution in [2.75, 3.05) is 24.5 Å². The van der Waals surface area contributed by atoms with Gasteiger partial charge in [-0.15, -0.1) is 35.3 Å². The molecular formula is C18H26ClIN6S. The Morgan fingerprint density at radius 1 is 1.41 bits per heavy atom. The molecule has 0 bridgehead atoms. The van der Waals surface area contributed by atoms with Crippen molar-refractivity contribution in [3.05, 3.63) is 39.4 Å². The first-order chi connectivity index (χ1) is 12.7. The molecule has 1 saturated heterocycles. The first-order valence-corrected chi connectivity index (χ1v) is 10.2. The van der Waals surface area contributed by atoms with Crippen molar-refractivity contribution >= 4 is 58.7 Å². The van der Waals surface area contributed by atoms with E-state index < -0.39 is 0 Å². The van der Waals surface area contributed by atoms with E-state index in [-0.39, 0.29) is 24.0 Å². The van der Waals surface area contributed by atoms with Gasteiger partial charge in [0.15, 0.2) is 5.96 Å². The van der Waals surface area contributed by atoms with Crippen molar-refractivity contribution in [1.82, 2.24) is 20.6 Å². The highest BCUT2D eigenvalue weighted by Gasteiger charge is 2.25. The van der Waals surface area contributed by atoms with Crippen LogP contribution in [0.5, 0.6) is 0 Å². The molecule has 2 aromatic heterocycles. The van der Waals surface area contributed by atoms with Crippen LogP contribution in [0.1, 0.15) is 30.2 Å². The molecule has 2 N–H and O–H groups in total. The largest absolute Gasteiger partial charge is 0.357 e. The van der Waals surface area contributed by atoms with Gasteiger partial charge >= 0.3 is 0 Å². The van der Waals surface area contributed by atoms with Gasteiger partial charge < -0.3 is 15.5 Å². The first kappa shape index (κ1) is 22.2. The van der Waals surface area contributed by atoms with Gasteiger partial charge in [0.1, 0.15) is 10.8 Å². The van der Waals surface area contributed by atoms with Crippen LogP contribution in [0.25, 0.3) is 0 Å². The number of hydrogen-bond donors (Lipinski definition) is 2. The molecule has 1 unspecified atom stereocenters. The quantitative estimate of drug-likeness (QED) is 0.345. The Labute approximate surface area is 186 Å². The Morgan fingerprint density at radius 2 is 2.26 bits per heavy atom. The highest BCUT2D eigenvalue weighted by atomic mass is 127. The number of nitrogens with one attached hydrogen (secondary N) is 2. The lowest BCUT2D eigenvalue weighted by Gasteiger charge is -2.20. The maximum atomic E-state index is 6.27. The number of thiazole rings is 1. The second kappa shape index (κ2) is 11.0. The predicted octanol–water partition coefficient (Wildman–Crippen LogP) is 3.71. The summed E-state index contributed by atoms with van der Waals surface area (Å²) < 4.78 is 0. The molecular weight excluding hydrogens is 495 g/mol. The SMILES string of the molecule is CCNC(=NCc1ncc(CC)s1)NC1CCN(c2ncccc2Cl)C1.I. The summed E-state index contributed by atoms with van der Waals surface area (Å²) in [4.78, 5) is 17.1. The molecule has 0 saturated carbocycles. The second-order valence-electron chi connectivity index (χ2n) is 6.15. The fourth-order valence-electron chi connectivity index (χ4n) is 2.93. The Morgan fingerprint density at radius 3 is 2.96 bits per heavy atom. The standard InChI is InChI=1S/C18H25ClN6S.HI/c1-3-14-10-22-16(26-14)11-23-18(20-4-2)24-13-7-9-25(12-13)17-15(19)6-5-8-21-17;/h5-6,8,10,13H,3-4,7,9,11-12H2,1-2H3,(H2,20,23,24);1H. The number of pyridine rings is 1. The van der Waals surface area contributed by atoms with Crippen LogP contribution in [0, 0.1) is 0 Å². The minimum Gasteiger partial charge on any atom is -0.357 e. The summed E-state index contributed by atoms with van der Waals surface area (Å²) in [5.74, 6) is 1.69. The van der Waals surface area contributed by atoms with Gasteiger partial charge in [-0.1, -0.05) is 18.5 Å². The normalized spacial score (nSPS) is 16.9. The summed E-state index contributed by atoms with van der Waals surface area (Å²) in [7, 11) is 0. The molecule has 6 nitrogen and oxygen atoms in total. The minimum atomic E-state index is 0. The number of nitrogens with zero attached hydrogens (tertiary/aromatic N) is 4. The fraction of sp³-hybridized carbons (Fsp3) is 0.500. The van der Waals surface area contributed by atoms with Crippen LogP contribution in [0.2, 0.25) is 5.02 Å². The molecule has 2 aromatic rings. The van der Waals surface area contributed by atoms with E-state index in [9.17, 15) is 0 Å². The predicted molar refractivity (Wildman–Crippen MR) is 125 cm³/mol. The van der Waals surface area contributed by atoms with E-state index in [2.05, 4.69) is 39.3 Å². The zero-order chi connectivity index (χ0) is 18.4. The van der Waals surface area contributed by atoms with Crippen molar-refractivity contribution in [3.63, 3.8) is 0 Å². The molecule has 1 fully saturated rings. The Kier molecular flexibility index (Phi) is 9.04. The van der Waals surface area contributed by atoms with Crippen LogP contribution in [-0.4, -0.2) is 41.6 Å². The molecule has 0 radical (unpaired) electrons. The summed E-state index contributed by atoms with van der Waals surface area (Å²) in [6.45, 7) is 7.43. The summed E-state index contributed by atoms with van der Waals surface area (Å²) in [5, 5.41) is 8.60. The number of rotatable bonds is 6. The molecule has 148 valence electrons. The Hall–Kier alpha value is -1.13. The number of hydrogen-bond acceptors (Lipinski definition) is 5. The molecule has 0 aliphatic carbocycles. The van der Waals surface area contributed by atoms with Gasteiger partial charge in [-0.25, -0.2) is 15.0 Å². The average molecular weight is 521 g/mol. The Balaban J connectivity index is 0.00000261. The maximum Gasteiger partial charge on any atom is 0.191 e. The summed E-state index contributed by atoms with van der Waals surface area (Å²) in [6.07, 6.45) is 5.77. The third-order valence-corrected chi connectivity index (χ3v) is 5.66. The van der Waals surface area contributed by atoms with E-state index in [1.165, 1.54) is 4.88 Å². The molecule has 27 heavy (non-hydrogen) atoms. The highest BCUT2D eigenvalue weighted by Crippen LogP contribution is 2.25. The first-order valence-electron chi connectivity index (χ1n) is 9.03. The van der Waals surface area contributed by atoms with Crippen molar-refractivity contribution in [2.45, 2.75) is 39.3 Å². The number of anilines is 1. The van der Waals surface area contributed by atoms with Crippen LogP contribution in [-0.2, 0) is 13.0 Å². The fourth-order valence-corrected chi connectivity index (χ4v) is 3.95. The summed E-state index contributed by atoms with van der Waals surface area (Å²) in [5.41, 5.74) is 0. The van der Waals surface area contributed by atoms with Gasteiger partial charge in [-0.05, 0) is 31.9 Å². The van der Waals surface area contributed by atoms with E-state index in [4.69, 9.17) is 16.6 Å². The van der Waals surface area contributed by atoms with Gasteiger partial charge in [0.05, 0.1) is 11.6 Å². The third kappa shape index (κ3) is 6.18. The molecule has 9 heteroatoms. The number of aliphatic imine (C=N–C) groups is 1. The molecule has 1 aliphatic heterocycles. The van der Waals surface area contributed by atoms with E-state index in [1.807, 2.05) is 18.3 Å². The van der Waals surface area contributed by atoms with Crippen LogP contribution >= 0.6 is 46.9 Å². The highest BCUT2D eigenvalue weighted by molar-refractivity contribution is 14.0. The second-order valence-corrected chi connectivity index (χ2v) is 7.76. The number of aryl methyl sites for hydroxylation is 1. The number of halogens is 2. The smallest absolute Gasteiger partial charge is 0.191 e.